The lowest BCUT2D eigenvalue weighted by atomic mass is 9.85. The fourth-order valence-corrected chi connectivity index (χ4v) is 2.80. The first kappa shape index (κ1) is 18.0. The first-order chi connectivity index (χ1) is 11.2. The molecule has 0 saturated carbocycles. The zero-order valence-electron chi connectivity index (χ0n) is 12.9. The zero-order valence-corrected chi connectivity index (χ0v) is 12.9. The molecule has 1 aromatic rings. The molecule has 0 aromatic heterocycles. The van der Waals surface area contributed by atoms with Gasteiger partial charge in [0.1, 0.15) is 5.82 Å². The maximum absolute atomic E-state index is 13.1. The topological polar surface area (TPSA) is 61.4 Å². The molecule has 24 heavy (non-hydrogen) atoms. The second-order valence-electron chi connectivity index (χ2n) is 5.53. The summed E-state index contributed by atoms with van der Waals surface area (Å²) in [5, 5.41) is 4.35. The number of nitrogens with one attached hydrogen (secondary N) is 2. The molecule has 0 spiro atoms. The van der Waals surface area contributed by atoms with Crippen LogP contribution in [0.2, 0.25) is 0 Å². The van der Waals surface area contributed by atoms with E-state index < -0.39 is 35.9 Å². The van der Waals surface area contributed by atoms with E-state index in [1.807, 2.05) is 5.32 Å². The number of likely N-dealkylation sites (tertiary alicyclic amines) is 1. The molecule has 2 unspecified atom stereocenters. The molecule has 0 bridgehead atoms. The highest BCUT2D eigenvalue weighted by molar-refractivity contribution is 5.82. The summed E-state index contributed by atoms with van der Waals surface area (Å²) < 4.78 is 50.7. The molecule has 1 heterocycles. The minimum Gasteiger partial charge on any atom is -0.343 e. The minimum atomic E-state index is -5.01. The number of carbonyl (C=O) groups excluding carboxylic acids is 2. The van der Waals surface area contributed by atoms with Crippen LogP contribution in [-0.4, -0.2) is 49.2 Å². The molecule has 1 aliphatic rings. The molecule has 0 radical (unpaired) electrons. The van der Waals surface area contributed by atoms with Crippen LogP contribution in [0.25, 0.3) is 0 Å². The van der Waals surface area contributed by atoms with E-state index in [1.165, 1.54) is 36.2 Å². The highest BCUT2D eigenvalue weighted by Gasteiger charge is 2.42. The van der Waals surface area contributed by atoms with E-state index in [2.05, 4.69) is 5.32 Å². The van der Waals surface area contributed by atoms with Crippen molar-refractivity contribution in [3.8, 4) is 0 Å². The summed E-state index contributed by atoms with van der Waals surface area (Å²) in [6.45, 7) is 0.254. The van der Waals surface area contributed by atoms with Crippen LogP contribution in [0, 0.1) is 5.82 Å². The standard InChI is InChI=1S/C15H17F4N3O2/c1-20-14(24)22-7-6-11(9-2-4-10(16)5-3-9)12(8-22)21-13(23)15(17,18)19/h2-5,11-12H,6-8H2,1H3,(H,20,24)(H,21,23). The van der Waals surface area contributed by atoms with Crippen molar-refractivity contribution in [2.24, 2.45) is 0 Å². The Labute approximate surface area is 136 Å². The van der Waals surface area contributed by atoms with Gasteiger partial charge in [0.05, 0.1) is 6.04 Å². The Kier molecular flexibility index (Phi) is 5.30. The van der Waals surface area contributed by atoms with Gasteiger partial charge in [-0.25, -0.2) is 9.18 Å². The van der Waals surface area contributed by atoms with Crippen LogP contribution in [0.1, 0.15) is 17.9 Å². The van der Waals surface area contributed by atoms with E-state index in [0.29, 0.717) is 18.5 Å². The molecule has 5 nitrogen and oxygen atoms in total. The Bertz CT molecular complexity index is 604. The number of amides is 3. The van der Waals surface area contributed by atoms with Crippen molar-refractivity contribution in [2.75, 3.05) is 20.1 Å². The number of urea groups is 1. The quantitative estimate of drug-likeness (QED) is 0.804. The maximum atomic E-state index is 13.1. The highest BCUT2D eigenvalue weighted by atomic mass is 19.4. The minimum absolute atomic E-state index is 0.0659. The van der Waals surface area contributed by atoms with Crippen LogP contribution in [0.3, 0.4) is 0 Å². The Morgan fingerprint density at radius 2 is 1.83 bits per heavy atom. The third kappa shape index (κ3) is 4.15. The lowest BCUT2D eigenvalue weighted by molar-refractivity contribution is -0.174. The van der Waals surface area contributed by atoms with E-state index in [9.17, 15) is 27.2 Å². The molecule has 1 saturated heterocycles. The number of piperidine rings is 1. The SMILES string of the molecule is CNC(=O)N1CCC(c2ccc(F)cc2)C(NC(=O)C(F)(F)F)C1. The molecule has 3 amide bonds. The summed E-state index contributed by atoms with van der Waals surface area (Å²) in [6, 6.07) is 4.02. The van der Waals surface area contributed by atoms with Gasteiger partial charge in [0.2, 0.25) is 0 Å². The number of alkyl halides is 3. The number of hydrogen-bond donors (Lipinski definition) is 2. The van der Waals surface area contributed by atoms with Gasteiger partial charge in [-0.2, -0.15) is 13.2 Å². The van der Waals surface area contributed by atoms with Crippen LogP contribution < -0.4 is 10.6 Å². The molecular formula is C15H17F4N3O2. The third-order valence-electron chi connectivity index (χ3n) is 3.99. The Morgan fingerprint density at radius 3 is 2.38 bits per heavy atom. The second kappa shape index (κ2) is 7.06. The molecule has 1 aromatic carbocycles. The number of nitrogens with zero attached hydrogens (tertiary/aromatic N) is 1. The molecule has 2 atom stereocenters. The van der Waals surface area contributed by atoms with Gasteiger partial charge >= 0.3 is 18.1 Å². The van der Waals surface area contributed by atoms with Gasteiger partial charge in [-0.3, -0.25) is 4.79 Å². The lowest BCUT2D eigenvalue weighted by Gasteiger charge is -2.39. The molecule has 9 heteroatoms. The fourth-order valence-electron chi connectivity index (χ4n) is 2.80. The maximum Gasteiger partial charge on any atom is 0.471 e. The summed E-state index contributed by atoms with van der Waals surface area (Å²) >= 11 is 0. The van der Waals surface area contributed by atoms with Crippen molar-refractivity contribution in [2.45, 2.75) is 24.6 Å². The zero-order chi connectivity index (χ0) is 17.9. The van der Waals surface area contributed by atoms with Gasteiger partial charge in [-0.15, -0.1) is 0 Å². The molecule has 0 aliphatic carbocycles. The van der Waals surface area contributed by atoms with Gasteiger partial charge in [0.15, 0.2) is 0 Å². The van der Waals surface area contributed by atoms with E-state index in [0.717, 1.165) is 0 Å². The van der Waals surface area contributed by atoms with Gasteiger partial charge in [0.25, 0.3) is 0 Å². The lowest BCUT2D eigenvalue weighted by Crippen LogP contribution is -2.56. The molecule has 1 fully saturated rings. The van der Waals surface area contributed by atoms with Crippen molar-refractivity contribution >= 4 is 11.9 Å². The number of carbonyl (C=O) groups is 2. The number of hydrogen-bond acceptors (Lipinski definition) is 2. The molecular weight excluding hydrogens is 330 g/mol. The van der Waals surface area contributed by atoms with Crippen LogP contribution in [0.5, 0.6) is 0 Å². The second-order valence-corrected chi connectivity index (χ2v) is 5.53. The Hall–Kier alpha value is -2.32. The molecule has 2 N–H and O–H groups in total. The summed E-state index contributed by atoms with van der Waals surface area (Å²) in [6.07, 6.45) is -4.66. The Morgan fingerprint density at radius 1 is 1.21 bits per heavy atom. The van der Waals surface area contributed by atoms with E-state index in [-0.39, 0.29) is 6.54 Å². The molecule has 2 rings (SSSR count). The third-order valence-corrected chi connectivity index (χ3v) is 3.99. The van der Waals surface area contributed by atoms with Gasteiger partial charge in [-0.05, 0) is 24.1 Å². The number of benzene rings is 1. The average Bonchev–Trinajstić information content (AvgIpc) is 2.54. The predicted octanol–water partition coefficient (Wildman–Crippen LogP) is 2.00. The van der Waals surface area contributed by atoms with Crippen molar-refractivity contribution < 1.29 is 27.2 Å². The van der Waals surface area contributed by atoms with E-state index in [1.54, 1.807) is 0 Å². The number of halogens is 4. The van der Waals surface area contributed by atoms with Crippen molar-refractivity contribution in [3.63, 3.8) is 0 Å². The largest absolute Gasteiger partial charge is 0.471 e. The predicted molar refractivity (Wildman–Crippen MR) is 77.8 cm³/mol. The summed E-state index contributed by atoms with van der Waals surface area (Å²) in [4.78, 5) is 24.3. The normalized spacial score (nSPS) is 21.3. The average molecular weight is 347 g/mol. The van der Waals surface area contributed by atoms with Crippen LogP contribution in [0.4, 0.5) is 22.4 Å². The molecule has 1 aliphatic heterocycles. The van der Waals surface area contributed by atoms with Gasteiger partial charge < -0.3 is 15.5 Å². The highest BCUT2D eigenvalue weighted by Crippen LogP contribution is 2.29. The monoisotopic (exact) mass is 347 g/mol. The first-order valence-corrected chi connectivity index (χ1v) is 7.32. The van der Waals surface area contributed by atoms with Crippen LogP contribution >= 0.6 is 0 Å². The summed E-state index contributed by atoms with van der Waals surface area (Å²) in [7, 11) is 1.41. The van der Waals surface area contributed by atoms with Crippen molar-refractivity contribution in [1.29, 1.82) is 0 Å². The van der Waals surface area contributed by atoms with Gasteiger partial charge in [-0.1, -0.05) is 12.1 Å². The summed E-state index contributed by atoms with van der Waals surface area (Å²) in [5.41, 5.74) is 0.612. The number of rotatable bonds is 2. The fraction of sp³-hybridized carbons (Fsp3) is 0.467. The van der Waals surface area contributed by atoms with E-state index in [4.69, 9.17) is 0 Å². The van der Waals surface area contributed by atoms with Crippen LogP contribution in [-0.2, 0) is 4.79 Å². The first-order valence-electron chi connectivity index (χ1n) is 7.32. The van der Waals surface area contributed by atoms with Crippen molar-refractivity contribution in [3.05, 3.63) is 35.6 Å². The summed E-state index contributed by atoms with van der Waals surface area (Å²) in [5.74, 6) is -2.96. The Balaban J connectivity index is 2.22. The van der Waals surface area contributed by atoms with E-state index >= 15 is 0 Å². The van der Waals surface area contributed by atoms with Crippen LogP contribution in [0.15, 0.2) is 24.3 Å². The molecule has 132 valence electrons. The smallest absolute Gasteiger partial charge is 0.343 e. The van der Waals surface area contributed by atoms with Crippen molar-refractivity contribution in [1.82, 2.24) is 15.5 Å². The van der Waals surface area contributed by atoms with Gasteiger partial charge in [0, 0.05) is 26.1 Å².